The minimum atomic E-state index is -0.746. The third kappa shape index (κ3) is 4.20. The molecule has 36 heavy (non-hydrogen) atoms. The number of anilines is 2. The second-order valence-corrected chi connectivity index (χ2v) is 8.51. The maximum Gasteiger partial charge on any atom is 0.267 e. The summed E-state index contributed by atoms with van der Waals surface area (Å²) in [6, 6.07) is 17.6. The van der Waals surface area contributed by atoms with Gasteiger partial charge in [-0.25, -0.2) is 14.4 Å². The van der Waals surface area contributed by atoms with Gasteiger partial charge in [0.1, 0.15) is 11.6 Å². The predicted octanol–water partition coefficient (Wildman–Crippen LogP) is 5.10. The largest absolute Gasteiger partial charge is 0.505 e. The Labute approximate surface area is 209 Å². The minimum Gasteiger partial charge on any atom is -0.505 e. The molecule has 0 amide bonds. The van der Waals surface area contributed by atoms with Gasteiger partial charge in [-0.3, -0.25) is 9.36 Å². The van der Waals surface area contributed by atoms with Crippen molar-refractivity contribution in [2.24, 2.45) is 0 Å². The molecule has 2 heterocycles. The van der Waals surface area contributed by atoms with Crippen molar-refractivity contribution in [3.05, 3.63) is 99.9 Å². The second-order valence-electron chi connectivity index (χ2n) is 8.10. The van der Waals surface area contributed by atoms with Gasteiger partial charge in [0, 0.05) is 11.8 Å². The van der Waals surface area contributed by atoms with Crippen molar-refractivity contribution in [3.8, 4) is 22.6 Å². The van der Waals surface area contributed by atoms with Crippen LogP contribution >= 0.6 is 11.6 Å². The molecule has 5 aromatic rings. The molecule has 2 aromatic heterocycles. The first kappa shape index (κ1) is 23.3. The molecule has 0 saturated heterocycles. The van der Waals surface area contributed by atoms with Crippen molar-refractivity contribution in [2.75, 3.05) is 11.1 Å². The maximum absolute atomic E-state index is 13.6. The summed E-state index contributed by atoms with van der Waals surface area (Å²) >= 11 is 6.37. The average Bonchev–Trinajstić information content (AvgIpc) is 2.86. The molecule has 0 unspecified atom stereocenters. The molecule has 8 nitrogen and oxygen atoms in total. The Kier molecular flexibility index (Phi) is 5.99. The van der Waals surface area contributed by atoms with Crippen LogP contribution in [0, 0.1) is 5.82 Å². The summed E-state index contributed by atoms with van der Waals surface area (Å²) in [7, 11) is 0. The van der Waals surface area contributed by atoms with Crippen molar-refractivity contribution in [1.29, 1.82) is 0 Å². The van der Waals surface area contributed by atoms with Crippen LogP contribution in [0.25, 0.3) is 27.7 Å². The van der Waals surface area contributed by atoms with Gasteiger partial charge in [0.2, 0.25) is 5.95 Å². The number of rotatable bonds is 5. The number of aromatic hydroxyl groups is 1. The van der Waals surface area contributed by atoms with Crippen LogP contribution in [0.5, 0.6) is 5.75 Å². The van der Waals surface area contributed by atoms with E-state index in [0.29, 0.717) is 44.4 Å². The Morgan fingerprint density at radius 3 is 2.61 bits per heavy atom. The number of hydrogen-bond donors (Lipinski definition) is 3. The minimum absolute atomic E-state index is 0.0125. The summed E-state index contributed by atoms with van der Waals surface area (Å²) in [5.41, 5.74) is 7.56. The first-order valence-electron chi connectivity index (χ1n) is 11.0. The van der Waals surface area contributed by atoms with Crippen molar-refractivity contribution in [1.82, 2.24) is 19.5 Å². The van der Waals surface area contributed by atoms with Gasteiger partial charge in [0.15, 0.2) is 11.6 Å². The van der Waals surface area contributed by atoms with Crippen LogP contribution in [-0.4, -0.2) is 24.6 Å². The standard InChI is InChI=1S/C26H20ClFN6O2/c1-14(31-23-17(13-30-26(29)33-23)15-10-11-19(28)21(35)12-15)24-32-20-9-5-8-18(27)22(20)25(36)34(24)16-6-3-2-4-7-16/h2-14,35H,1H3,(H3,29,30,31,33)/t14-/m0/s1. The van der Waals surface area contributed by atoms with Gasteiger partial charge in [0.05, 0.1) is 27.7 Å². The van der Waals surface area contributed by atoms with Gasteiger partial charge in [-0.1, -0.05) is 41.9 Å². The molecule has 4 N–H and O–H groups in total. The molecule has 5 rings (SSSR count). The Morgan fingerprint density at radius 2 is 1.86 bits per heavy atom. The van der Waals surface area contributed by atoms with Crippen LogP contribution in [-0.2, 0) is 0 Å². The number of nitrogens with one attached hydrogen (secondary N) is 1. The van der Waals surface area contributed by atoms with E-state index in [1.165, 1.54) is 22.9 Å². The molecule has 0 aliphatic rings. The van der Waals surface area contributed by atoms with Gasteiger partial charge in [-0.05, 0) is 48.9 Å². The van der Waals surface area contributed by atoms with E-state index in [9.17, 15) is 14.3 Å². The number of nitrogens with zero attached hydrogens (tertiary/aromatic N) is 4. The molecule has 10 heteroatoms. The van der Waals surface area contributed by atoms with Crippen LogP contribution in [0.15, 0.2) is 77.7 Å². The average molecular weight is 503 g/mol. The van der Waals surface area contributed by atoms with E-state index < -0.39 is 17.6 Å². The molecule has 0 radical (unpaired) electrons. The molecular weight excluding hydrogens is 483 g/mol. The normalized spacial score (nSPS) is 12.0. The van der Waals surface area contributed by atoms with E-state index in [4.69, 9.17) is 22.3 Å². The van der Waals surface area contributed by atoms with Crippen molar-refractivity contribution >= 4 is 34.3 Å². The molecule has 0 spiro atoms. The van der Waals surface area contributed by atoms with Crippen molar-refractivity contribution < 1.29 is 9.50 Å². The highest BCUT2D eigenvalue weighted by Gasteiger charge is 2.21. The third-order valence-corrected chi connectivity index (χ3v) is 6.01. The topological polar surface area (TPSA) is 119 Å². The lowest BCUT2D eigenvalue weighted by Crippen LogP contribution is -2.27. The SMILES string of the molecule is C[C@H](Nc1nc(N)ncc1-c1ccc(F)c(O)c1)c1nc2cccc(Cl)c2c(=O)n1-c1ccccc1. The van der Waals surface area contributed by atoms with E-state index in [-0.39, 0.29) is 11.5 Å². The Morgan fingerprint density at radius 1 is 1.08 bits per heavy atom. The fourth-order valence-electron chi connectivity index (χ4n) is 3.99. The first-order chi connectivity index (χ1) is 17.3. The summed E-state index contributed by atoms with van der Waals surface area (Å²) in [5.74, 6) is -0.510. The van der Waals surface area contributed by atoms with Gasteiger partial charge >= 0.3 is 0 Å². The molecule has 0 saturated carbocycles. The number of hydrogen-bond acceptors (Lipinski definition) is 7. The van der Waals surface area contributed by atoms with Crippen LogP contribution in [0.1, 0.15) is 18.8 Å². The van der Waals surface area contributed by atoms with Gasteiger partial charge in [0.25, 0.3) is 5.56 Å². The van der Waals surface area contributed by atoms with Gasteiger partial charge < -0.3 is 16.2 Å². The lowest BCUT2D eigenvalue weighted by molar-refractivity contribution is 0.433. The monoisotopic (exact) mass is 502 g/mol. The van der Waals surface area contributed by atoms with Gasteiger partial charge in [-0.15, -0.1) is 0 Å². The summed E-state index contributed by atoms with van der Waals surface area (Å²) < 4.78 is 15.1. The van der Waals surface area contributed by atoms with E-state index in [1.807, 2.05) is 25.1 Å². The first-order valence-corrected chi connectivity index (χ1v) is 11.4. The molecule has 3 aromatic carbocycles. The molecule has 0 aliphatic carbocycles. The molecule has 0 aliphatic heterocycles. The molecule has 1 atom stereocenters. The van der Waals surface area contributed by atoms with E-state index in [0.717, 1.165) is 6.07 Å². The summed E-state index contributed by atoms with van der Waals surface area (Å²) in [6.07, 6.45) is 1.47. The smallest absolute Gasteiger partial charge is 0.267 e. The number of phenols is 1. The Balaban J connectivity index is 1.66. The van der Waals surface area contributed by atoms with E-state index >= 15 is 0 Å². The lowest BCUT2D eigenvalue weighted by Gasteiger charge is -2.21. The van der Waals surface area contributed by atoms with Gasteiger partial charge in [-0.2, -0.15) is 4.98 Å². The Bertz CT molecular complexity index is 1660. The zero-order chi connectivity index (χ0) is 25.4. The van der Waals surface area contributed by atoms with E-state index in [1.54, 1.807) is 30.3 Å². The number of benzene rings is 3. The number of halogens is 2. The van der Waals surface area contributed by atoms with Crippen LogP contribution in [0.3, 0.4) is 0 Å². The fraction of sp³-hybridized carbons (Fsp3) is 0.0769. The summed E-state index contributed by atoms with van der Waals surface area (Å²) in [4.78, 5) is 26.8. The van der Waals surface area contributed by atoms with E-state index in [2.05, 4.69) is 15.3 Å². The highest BCUT2D eigenvalue weighted by molar-refractivity contribution is 6.35. The van der Waals surface area contributed by atoms with Crippen LogP contribution in [0.2, 0.25) is 5.02 Å². The maximum atomic E-state index is 13.6. The number of nitrogen functional groups attached to an aromatic ring is 1. The Hall–Kier alpha value is -4.50. The zero-order valence-corrected chi connectivity index (χ0v) is 19.7. The number of para-hydroxylation sites is 1. The number of fused-ring (bicyclic) bond motifs is 1. The number of phenolic OH excluding ortho intramolecular Hbond substituents is 1. The summed E-state index contributed by atoms with van der Waals surface area (Å²) in [6.45, 7) is 1.82. The molecule has 0 bridgehead atoms. The van der Waals surface area contributed by atoms with Crippen molar-refractivity contribution in [2.45, 2.75) is 13.0 Å². The van der Waals surface area contributed by atoms with Crippen molar-refractivity contribution in [3.63, 3.8) is 0 Å². The molecule has 0 fully saturated rings. The quantitative estimate of drug-likeness (QED) is 0.306. The number of aromatic nitrogens is 4. The molecular formula is C26H20ClFN6O2. The second kappa shape index (κ2) is 9.27. The molecule has 180 valence electrons. The zero-order valence-electron chi connectivity index (χ0n) is 19.0. The highest BCUT2D eigenvalue weighted by Crippen LogP contribution is 2.32. The predicted molar refractivity (Wildman–Crippen MR) is 138 cm³/mol. The fourth-order valence-corrected chi connectivity index (χ4v) is 4.24. The van der Waals surface area contributed by atoms with Crippen LogP contribution < -0.4 is 16.6 Å². The highest BCUT2D eigenvalue weighted by atomic mass is 35.5. The third-order valence-electron chi connectivity index (χ3n) is 5.69. The lowest BCUT2D eigenvalue weighted by atomic mass is 10.1. The van der Waals surface area contributed by atoms with Crippen LogP contribution in [0.4, 0.5) is 16.2 Å². The number of nitrogens with two attached hydrogens (primary N) is 1. The summed E-state index contributed by atoms with van der Waals surface area (Å²) in [5, 5.41) is 13.7.